The van der Waals surface area contributed by atoms with Crippen LogP contribution in [-0.2, 0) is 9.53 Å². The summed E-state index contributed by atoms with van der Waals surface area (Å²) < 4.78 is 31.6. The van der Waals surface area contributed by atoms with E-state index < -0.39 is 22.9 Å². The van der Waals surface area contributed by atoms with Gasteiger partial charge in [-0.15, -0.1) is 11.8 Å². The van der Waals surface area contributed by atoms with Crippen LogP contribution >= 0.6 is 27.7 Å². The van der Waals surface area contributed by atoms with E-state index in [0.717, 1.165) is 23.9 Å². The molecule has 16 heavy (non-hydrogen) atoms. The van der Waals surface area contributed by atoms with Crippen molar-refractivity contribution in [2.75, 3.05) is 7.11 Å². The van der Waals surface area contributed by atoms with Crippen LogP contribution in [-0.4, -0.2) is 18.3 Å². The number of carbonyl (C=O) groups is 1. The molecule has 0 amide bonds. The van der Waals surface area contributed by atoms with Gasteiger partial charge in [-0.1, -0.05) is 15.9 Å². The Morgan fingerprint density at radius 2 is 1.94 bits per heavy atom. The molecule has 0 aliphatic heterocycles. The van der Waals surface area contributed by atoms with E-state index in [2.05, 4.69) is 20.7 Å². The highest BCUT2D eigenvalue weighted by Crippen LogP contribution is 2.31. The lowest BCUT2D eigenvalue weighted by atomic mass is 10.3. The van der Waals surface area contributed by atoms with Crippen molar-refractivity contribution >= 4 is 33.7 Å². The minimum Gasteiger partial charge on any atom is -0.468 e. The van der Waals surface area contributed by atoms with Crippen LogP contribution in [0.3, 0.4) is 0 Å². The lowest BCUT2D eigenvalue weighted by Crippen LogP contribution is -2.15. The first-order valence-electron chi connectivity index (χ1n) is 4.34. The fourth-order valence-electron chi connectivity index (χ4n) is 1.03. The Hall–Kier alpha value is -0.620. The lowest BCUT2D eigenvalue weighted by Gasteiger charge is -2.10. The lowest BCUT2D eigenvalue weighted by molar-refractivity contribution is -0.139. The van der Waals surface area contributed by atoms with E-state index in [1.165, 1.54) is 14.0 Å². The highest BCUT2D eigenvalue weighted by molar-refractivity contribution is 9.10. The first-order chi connectivity index (χ1) is 7.45. The van der Waals surface area contributed by atoms with Gasteiger partial charge in [0.2, 0.25) is 0 Å². The second-order valence-electron chi connectivity index (χ2n) is 2.98. The second-order valence-corrected chi connectivity index (χ2v) is 5.25. The van der Waals surface area contributed by atoms with Crippen LogP contribution in [0, 0.1) is 11.6 Å². The molecular weight excluding hydrogens is 302 g/mol. The van der Waals surface area contributed by atoms with Gasteiger partial charge in [-0.3, -0.25) is 4.79 Å². The first-order valence-corrected chi connectivity index (χ1v) is 6.02. The van der Waals surface area contributed by atoms with Crippen LogP contribution in [0.25, 0.3) is 0 Å². The smallest absolute Gasteiger partial charge is 0.318 e. The van der Waals surface area contributed by atoms with Gasteiger partial charge in [0, 0.05) is 4.47 Å². The minimum atomic E-state index is -0.701. The predicted octanol–water partition coefficient (Wildman–Crippen LogP) is 3.38. The highest BCUT2D eigenvalue weighted by Gasteiger charge is 2.20. The van der Waals surface area contributed by atoms with Crippen LogP contribution in [0.1, 0.15) is 6.92 Å². The normalized spacial score (nSPS) is 12.3. The molecule has 1 rings (SSSR count). The zero-order chi connectivity index (χ0) is 12.3. The van der Waals surface area contributed by atoms with Crippen molar-refractivity contribution in [3.8, 4) is 0 Å². The van der Waals surface area contributed by atoms with Gasteiger partial charge in [-0.2, -0.15) is 0 Å². The number of esters is 1. The van der Waals surface area contributed by atoms with Gasteiger partial charge in [0.05, 0.1) is 12.0 Å². The Bertz CT molecular complexity index is 389. The molecule has 0 spiro atoms. The van der Waals surface area contributed by atoms with E-state index in [0.29, 0.717) is 4.47 Å². The van der Waals surface area contributed by atoms with E-state index in [1.807, 2.05) is 0 Å². The molecule has 6 heteroatoms. The molecule has 0 saturated heterocycles. The number of rotatable bonds is 3. The van der Waals surface area contributed by atoms with Gasteiger partial charge in [0.25, 0.3) is 0 Å². The van der Waals surface area contributed by atoms with Gasteiger partial charge in [0.15, 0.2) is 0 Å². The van der Waals surface area contributed by atoms with Crippen molar-refractivity contribution in [3.05, 3.63) is 28.2 Å². The predicted molar refractivity (Wildman–Crippen MR) is 61.4 cm³/mol. The number of hydrogen-bond acceptors (Lipinski definition) is 3. The molecule has 0 saturated carbocycles. The topological polar surface area (TPSA) is 26.3 Å². The molecule has 0 bridgehead atoms. The van der Waals surface area contributed by atoms with Gasteiger partial charge in [-0.25, -0.2) is 8.78 Å². The summed E-state index contributed by atoms with van der Waals surface area (Å²) >= 11 is 3.77. The van der Waals surface area contributed by atoms with Crippen LogP contribution in [0.15, 0.2) is 21.5 Å². The maximum Gasteiger partial charge on any atom is 0.318 e. The third-order valence-electron chi connectivity index (χ3n) is 1.79. The summed E-state index contributed by atoms with van der Waals surface area (Å²) in [7, 11) is 1.23. The standard InChI is InChI=1S/C10H9BrF2O2S/c1-5(10(14)15-2)16-9-7(12)3-6(11)4-8(9)13/h3-5H,1-2H3. The summed E-state index contributed by atoms with van der Waals surface area (Å²) in [6.07, 6.45) is 0. The Kier molecular flexibility index (Phi) is 4.73. The number of halogens is 3. The van der Waals surface area contributed by atoms with Crippen molar-refractivity contribution < 1.29 is 18.3 Å². The van der Waals surface area contributed by atoms with Gasteiger partial charge in [-0.05, 0) is 19.1 Å². The second kappa shape index (κ2) is 5.63. The molecule has 0 aliphatic rings. The maximum atomic E-state index is 13.4. The van der Waals surface area contributed by atoms with Crippen molar-refractivity contribution in [1.29, 1.82) is 0 Å². The van der Waals surface area contributed by atoms with Gasteiger partial charge in [0.1, 0.15) is 16.9 Å². The van der Waals surface area contributed by atoms with E-state index in [9.17, 15) is 13.6 Å². The SMILES string of the molecule is COC(=O)C(C)Sc1c(F)cc(Br)cc1F. The third kappa shape index (κ3) is 3.18. The highest BCUT2D eigenvalue weighted by atomic mass is 79.9. The monoisotopic (exact) mass is 310 g/mol. The number of hydrogen-bond donors (Lipinski definition) is 0. The van der Waals surface area contributed by atoms with E-state index >= 15 is 0 Å². The molecule has 1 atom stereocenters. The molecule has 0 aromatic heterocycles. The molecule has 1 aromatic rings. The van der Waals surface area contributed by atoms with Crippen LogP contribution < -0.4 is 0 Å². The van der Waals surface area contributed by atoms with Crippen molar-refractivity contribution in [3.63, 3.8) is 0 Å². The minimum absolute atomic E-state index is 0.180. The van der Waals surface area contributed by atoms with Crippen LogP contribution in [0.4, 0.5) is 8.78 Å². The molecule has 88 valence electrons. The molecule has 0 fully saturated rings. The average molecular weight is 311 g/mol. The summed E-state index contributed by atoms with van der Waals surface area (Å²) in [4.78, 5) is 10.9. The summed E-state index contributed by atoms with van der Waals surface area (Å²) in [6.45, 7) is 1.53. The number of methoxy groups -OCH3 is 1. The number of carbonyl (C=O) groups excluding carboxylic acids is 1. The molecule has 0 heterocycles. The fraction of sp³-hybridized carbons (Fsp3) is 0.300. The van der Waals surface area contributed by atoms with Crippen molar-refractivity contribution in [2.24, 2.45) is 0 Å². The fourth-order valence-corrected chi connectivity index (χ4v) is 2.32. The Balaban J connectivity index is 2.93. The molecule has 2 nitrogen and oxygen atoms in total. The average Bonchev–Trinajstić information content (AvgIpc) is 2.21. The Morgan fingerprint density at radius 1 is 1.44 bits per heavy atom. The zero-order valence-corrected chi connectivity index (χ0v) is 11.0. The number of benzene rings is 1. The molecule has 0 aliphatic carbocycles. The Morgan fingerprint density at radius 3 is 2.38 bits per heavy atom. The van der Waals surface area contributed by atoms with Gasteiger partial charge >= 0.3 is 5.97 Å². The van der Waals surface area contributed by atoms with Crippen LogP contribution in [0.2, 0.25) is 0 Å². The summed E-state index contributed by atoms with van der Waals surface area (Å²) in [5, 5.41) is -0.657. The molecule has 1 unspecified atom stereocenters. The summed E-state index contributed by atoms with van der Waals surface area (Å²) in [5.74, 6) is -1.92. The number of thioether (sulfide) groups is 1. The number of ether oxygens (including phenoxy) is 1. The largest absolute Gasteiger partial charge is 0.468 e. The zero-order valence-electron chi connectivity index (χ0n) is 8.59. The molecule has 0 radical (unpaired) electrons. The van der Waals surface area contributed by atoms with E-state index in [4.69, 9.17) is 0 Å². The molecular formula is C10H9BrF2O2S. The quantitative estimate of drug-likeness (QED) is 0.632. The van der Waals surface area contributed by atoms with Crippen molar-refractivity contribution in [2.45, 2.75) is 17.1 Å². The summed E-state index contributed by atoms with van der Waals surface area (Å²) in [5.41, 5.74) is 0. The maximum absolute atomic E-state index is 13.4. The summed E-state index contributed by atoms with van der Waals surface area (Å²) in [6, 6.07) is 2.30. The molecule has 0 N–H and O–H groups in total. The van der Waals surface area contributed by atoms with Gasteiger partial charge < -0.3 is 4.74 Å². The van der Waals surface area contributed by atoms with E-state index in [1.54, 1.807) is 0 Å². The van der Waals surface area contributed by atoms with E-state index in [-0.39, 0.29) is 4.90 Å². The Labute approximate surface area is 104 Å². The molecule has 1 aromatic carbocycles. The third-order valence-corrected chi connectivity index (χ3v) is 3.42. The van der Waals surface area contributed by atoms with Crippen LogP contribution in [0.5, 0.6) is 0 Å². The first kappa shape index (κ1) is 13.4. The van der Waals surface area contributed by atoms with Crippen molar-refractivity contribution in [1.82, 2.24) is 0 Å².